The standard InChI is InChI=1S/C34H43ClN2O6S/c1-3-42-19-32-22(2)6-4-8-30(38)27-12-9-25(27)18-37-20-34(15-5-7-23-16-26(35)11-13-28(23)34)21-43-31-14-10-24(17-29(31)37)33(39)36-44(32,40)41/h4,8,10-11,13-14,16-17,22,25,27,30,32,38H,3,5-7,9,12,15,18-21H2,1-2H3,(H,36,39)/b8-4+/t22-,25-,27+,30-,32-,34-/m0/s1. The Bertz CT molecular complexity index is 1530. The molecule has 10 heteroatoms. The molecule has 2 heterocycles. The average molecular weight is 643 g/mol. The molecular formula is C34H43ClN2O6S. The summed E-state index contributed by atoms with van der Waals surface area (Å²) in [4.78, 5) is 15.8. The summed E-state index contributed by atoms with van der Waals surface area (Å²) < 4.78 is 41.5. The summed E-state index contributed by atoms with van der Waals surface area (Å²) in [6, 6.07) is 11.3. The van der Waals surface area contributed by atoms with E-state index >= 15 is 0 Å². The highest BCUT2D eigenvalue weighted by Crippen LogP contribution is 2.46. The molecule has 4 aliphatic rings. The summed E-state index contributed by atoms with van der Waals surface area (Å²) in [6.45, 7) is 5.86. The number of hydrogen-bond donors (Lipinski definition) is 2. The van der Waals surface area contributed by atoms with E-state index in [4.69, 9.17) is 21.1 Å². The third kappa shape index (κ3) is 6.13. The molecule has 2 aromatic rings. The zero-order valence-corrected chi connectivity index (χ0v) is 27.1. The Morgan fingerprint density at radius 2 is 2.05 bits per heavy atom. The molecule has 2 aliphatic heterocycles. The van der Waals surface area contributed by atoms with Gasteiger partial charge in [0.1, 0.15) is 11.0 Å². The van der Waals surface area contributed by atoms with Crippen molar-refractivity contribution in [3.8, 4) is 5.75 Å². The normalized spacial score (nSPS) is 32.3. The van der Waals surface area contributed by atoms with Crippen LogP contribution in [-0.2, 0) is 26.6 Å². The number of allylic oxidation sites excluding steroid dienone is 1. The first-order valence-electron chi connectivity index (χ1n) is 15.9. The van der Waals surface area contributed by atoms with Crippen molar-refractivity contribution in [1.82, 2.24) is 4.72 Å². The lowest BCUT2D eigenvalue weighted by Crippen LogP contribution is -2.49. The van der Waals surface area contributed by atoms with E-state index in [1.807, 2.05) is 32.1 Å². The predicted octanol–water partition coefficient (Wildman–Crippen LogP) is 5.26. The summed E-state index contributed by atoms with van der Waals surface area (Å²) in [5, 5.41) is 11.0. The third-order valence-electron chi connectivity index (χ3n) is 10.3. The number of fused-ring (bicyclic) bond motifs is 4. The smallest absolute Gasteiger partial charge is 0.264 e. The van der Waals surface area contributed by atoms with Crippen LogP contribution in [0.5, 0.6) is 5.75 Å². The number of anilines is 1. The van der Waals surface area contributed by atoms with Crippen molar-refractivity contribution in [3.05, 3.63) is 70.3 Å². The molecular weight excluding hydrogens is 600 g/mol. The van der Waals surface area contributed by atoms with Gasteiger partial charge in [0.25, 0.3) is 5.91 Å². The number of nitrogens with zero attached hydrogens (tertiary/aromatic N) is 1. The molecule has 44 heavy (non-hydrogen) atoms. The first-order chi connectivity index (χ1) is 21.1. The number of carbonyl (C=O) groups is 1. The highest BCUT2D eigenvalue weighted by Gasteiger charge is 2.44. The largest absolute Gasteiger partial charge is 0.490 e. The number of amides is 1. The Morgan fingerprint density at radius 3 is 2.82 bits per heavy atom. The lowest BCUT2D eigenvalue weighted by atomic mass is 9.68. The van der Waals surface area contributed by atoms with Crippen LogP contribution in [0.2, 0.25) is 5.02 Å². The highest BCUT2D eigenvalue weighted by molar-refractivity contribution is 7.90. The van der Waals surface area contributed by atoms with E-state index in [1.54, 1.807) is 18.2 Å². The van der Waals surface area contributed by atoms with Crippen LogP contribution in [-0.4, -0.2) is 63.7 Å². The minimum atomic E-state index is -4.07. The van der Waals surface area contributed by atoms with Gasteiger partial charge in [0.2, 0.25) is 10.0 Å². The van der Waals surface area contributed by atoms with Crippen molar-refractivity contribution < 1.29 is 27.8 Å². The summed E-state index contributed by atoms with van der Waals surface area (Å²) in [5.74, 6) is 0.0331. The zero-order valence-electron chi connectivity index (χ0n) is 25.5. The fourth-order valence-corrected chi connectivity index (χ4v) is 9.31. The first-order valence-corrected chi connectivity index (χ1v) is 17.8. The van der Waals surface area contributed by atoms with E-state index in [0.717, 1.165) is 42.8 Å². The lowest BCUT2D eigenvalue weighted by Gasteiger charge is -2.45. The number of ether oxygens (including phenoxy) is 2. The van der Waals surface area contributed by atoms with Gasteiger partial charge < -0.3 is 19.5 Å². The van der Waals surface area contributed by atoms with Gasteiger partial charge in [0.05, 0.1) is 25.0 Å². The van der Waals surface area contributed by atoms with Crippen molar-refractivity contribution in [2.75, 3.05) is 37.8 Å². The van der Waals surface area contributed by atoms with E-state index in [0.29, 0.717) is 38.5 Å². The molecule has 1 spiro atoms. The fourth-order valence-electron chi connectivity index (χ4n) is 7.59. The lowest BCUT2D eigenvalue weighted by molar-refractivity contribution is 0.0455. The van der Waals surface area contributed by atoms with Crippen LogP contribution in [0, 0.1) is 17.8 Å². The van der Waals surface area contributed by atoms with Crippen LogP contribution in [0.1, 0.15) is 67.4 Å². The molecule has 6 atom stereocenters. The molecule has 8 nitrogen and oxygen atoms in total. The molecule has 0 radical (unpaired) electrons. The van der Waals surface area contributed by atoms with E-state index in [9.17, 15) is 18.3 Å². The average Bonchev–Trinajstić information content (AvgIpc) is 3.11. The Labute approximate surface area is 265 Å². The van der Waals surface area contributed by atoms with Crippen molar-refractivity contribution in [1.29, 1.82) is 0 Å². The molecule has 2 aromatic carbocycles. The molecule has 2 bridgehead atoms. The molecule has 2 aliphatic carbocycles. The topological polar surface area (TPSA) is 105 Å². The van der Waals surface area contributed by atoms with Gasteiger partial charge in [-0.2, -0.15) is 0 Å². The number of aliphatic hydroxyl groups excluding tert-OH is 1. The van der Waals surface area contributed by atoms with Crippen LogP contribution >= 0.6 is 11.6 Å². The zero-order chi connectivity index (χ0) is 31.1. The summed E-state index contributed by atoms with van der Waals surface area (Å²) in [7, 11) is -4.07. The Balaban J connectivity index is 1.41. The van der Waals surface area contributed by atoms with Gasteiger partial charge in [0, 0.05) is 35.7 Å². The van der Waals surface area contributed by atoms with E-state index in [1.165, 1.54) is 11.1 Å². The Kier molecular flexibility index (Phi) is 9.03. The molecule has 1 fully saturated rings. The number of nitrogens with one attached hydrogen (secondary N) is 1. The fraction of sp³-hybridized carbons (Fsp3) is 0.559. The third-order valence-corrected chi connectivity index (χ3v) is 12.4. The van der Waals surface area contributed by atoms with Gasteiger partial charge in [-0.1, -0.05) is 36.7 Å². The van der Waals surface area contributed by atoms with Gasteiger partial charge in [-0.05, 0) is 105 Å². The van der Waals surface area contributed by atoms with E-state index < -0.39 is 27.3 Å². The Hall–Kier alpha value is -2.59. The molecule has 6 rings (SSSR count). The predicted molar refractivity (Wildman–Crippen MR) is 172 cm³/mol. The second kappa shape index (κ2) is 12.7. The van der Waals surface area contributed by atoms with Gasteiger partial charge in [0.15, 0.2) is 0 Å². The van der Waals surface area contributed by atoms with Gasteiger partial charge in [-0.15, -0.1) is 0 Å². The second-order valence-corrected chi connectivity index (χ2v) is 15.4. The monoisotopic (exact) mass is 642 g/mol. The van der Waals surface area contributed by atoms with Gasteiger partial charge >= 0.3 is 0 Å². The number of aryl methyl sites for hydroxylation is 1. The quantitative estimate of drug-likeness (QED) is 0.440. The molecule has 0 aromatic heterocycles. The number of sulfonamides is 1. The van der Waals surface area contributed by atoms with Crippen LogP contribution in [0.4, 0.5) is 5.69 Å². The van der Waals surface area contributed by atoms with Crippen LogP contribution < -0.4 is 14.4 Å². The summed E-state index contributed by atoms with van der Waals surface area (Å²) in [5.41, 5.74) is 3.25. The van der Waals surface area contributed by atoms with Crippen molar-refractivity contribution in [3.63, 3.8) is 0 Å². The number of carbonyl (C=O) groups excluding carboxylic acids is 1. The van der Waals surface area contributed by atoms with Crippen molar-refractivity contribution in [2.24, 2.45) is 17.8 Å². The highest BCUT2D eigenvalue weighted by atomic mass is 35.5. The maximum Gasteiger partial charge on any atom is 0.264 e. The number of halogens is 1. The van der Waals surface area contributed by atoms with E-state index in [-0.39, 0.29) is 35.3 Å². The number of benzene rings is 2. The molecule has 0 unspecified atom stereocenters. The molecule has 2 N–H and O–H groups in total. The summed E-state index contributed by atoms with van der Waals surface area (Å²) in [6.07, 6.45) is 8.40. The molecule has 1 saturated carbocycles. The van der Waals surface area contributed by atoms with Crippen molar-refractivity contribution in [2.45, 2.75) is 69.1 Å². The molecule has 238 valence electrons. The first kappa shape index (κ1) is 31.4. The van der Waals surface area contributed by atoms with Crippen molar-refractivity contribution >= 4 is 33.2 Å². The van der Waals surface area contributed by atoms with Gasteiger partial charge in [-0.3, -0.25) is 4.79 Å². The maximum absolute atomic E-state index is 13.6. The molecule has 1 amide bonds. The van der Waals surface area contributed by atoms with Crippen LogP contribution in [0.15, 0.2) is 48.6 Å². The number of hydrogen-bond acceptors (Lipinski definition) is 7. The minimum Gasteiger partial charge on any atom is -0.490 e. The maximum atomic E-state index is 13.6. The second-order valence-electron chi connectivity index (χ2n) is 13.1. The molecule has 0 saturated heterocycles. The SMILES string of the molecule is CCOC[C@H]1[C@@H](C)C/C=C/[C@H](O)[C@@H]2CC[C@H]2CN2C[C@@]3(CCCc4cc(Cl)ccc43)COc3ccc(cc32)C(=O)NS1(=O)=O. The Morgan fingerprint density at radius 1 is 1.20 bits per heavy atom. The minimum absolute atomic E-state index is 0.0258. The van der Waals surface area contributed by atoms with Gasteiger partial charge in [-0.25, -0.2) is 13.1 Å². The number of aliphatic hydroxyl groups is 1. The van der Waals surface area contributed by atoms with Crippen LogP contribution in [0.25, 0.3) is 0 Å². The van der Waals surface area contributed by atoms with E-state index in [2.05, 4.69) is 21.8 Å². The number of rotatable bonds is 3. The van der Waals surface area contributed by atoms with Crippen LogP contribution in [0.3, 0.4) is 0 Å². The summed E-state index contributed by atoms with van der Waals surface area (Å²) >= 11 is 6.40.